The maximum Gasteiger partial charge on any atom is 0.0623 e. The quantitative estimate of drug-likeness (QED) is 0.564. The van der Waals surface area contributed by atoms with Crippen LogP contribution in [-0.2, 0) is 13.0 Å². The van der Waals surface area contributed by atoms with Crippen LogP contribution in [0.25, 0.3) is 0 Å². The Labute approximate surface area is 62.5 Å². The molecule has 1 aromatic carbocycles. The van der Waals surface area contributed by atoms with E-state index in [-0.39, 0.29) is 0 Å². The normalized spacial score (nSPS) is 17.8. The summed E-state index contributed by atoms with van der Waals surface area (Å²) in [5.74, 6) is 0. The lowest BCUT2D eigenvalue weighted by Gasteiger charge is -2.15. The molecule has 0 bridgehead atoms. The van der Waals surface area contributed by atoms with Crippen LogP contribution in [0.1, 0.15) is 12.5 Å². The van der Waals surface area contributed by atoms with Crippen molar-refractivity contribution in [2.24, 2.45) is 0 Å². The Hall–Kier alpha value is -0.820. The van der Waals surface area contributed by atoms with E-state index >= 15 is 0 Å². The van der Waals surface area contributed by atoms with Crippen molar-refractivity contribution in [3.8, 4) is 0 Å². The molecular formula is C9H11N. The van der Waals surface area contributed by atoms with Gasteiger partial charge in [-0.25, -0.2) is 0 Å². The second-order valence-corrected chi connectivity index (χ2v) is 2.62. The first-order chi connectivity index (χ1) is 5.36. The predicted octanol–water partition coefficient (Wildman–Crippen LogP) is 1.33. The van der Waals surface area contributed by atoms with Crippen molar-refractivity contribution in [1.29, 1.82) is 0 Å². The molecule has 10 heavy (non-hydrogen) atoms. The molecule has 0 saturated carbocycles. The molecule has 0 spiro atoms. The molecule has 1 heteroatoms. The van der Waals surface area contributed by atoms with Gasteiger partial charge in [-0.15, -0.1) is 0 Å². The largest absolute Gasteiger partial charge is 0.312 e. The van der Waals surface area contributed by atoms with E-state index in [0.717, 1.165) is 19.5 Å². The summed E-state index contributed by atoms with van der Waals surface area (Å²) in [6.45, 7) is 2.01. The van der Waals surface area contributed by atoms with Crippen LogP contribution in [0.5, 0.6) is 0 Å². The lowest BCUT2D eigenvalue weighted by molar-refractivity contribution is 0.644. The Morgan fingerprint density at radius 3 is 3.40 bits per heavy atom. The molecule has 0 saturated heterocycles. The van der Waals surface area contributed by atoms with Gasteiger partial charge in [0.2, 0.25) is 0 Å². The van der Waals surface area contributed by atoms with Crippen LogP contribution in [0.2, 0.25) is 0 Å². The van der Waals surface area contributed by atoms with Gasteiger partial charge in [0.25, 0.3) is 0 Å². The molecule has 0 aliphatic carbocycles. The Morgan fingerprint density at radius 1 is 1.40 bits per heavy atom. The van der Waals surface area contributed by atoms with Crippen LogP contribution in [0.4, 0.5) is 0 Å². The molecule has 0 fully saturated rings. The first-order valence-electron chi connectivity index (χ1n) is 4.15. The highest BCUT2D eigenvalue weighted by Gasteiger charge is 2.05. The van der Waals surface area contributed by atoms with E-state index in [1.165, 1.54) is 11.1 Å². The molecule has 0 aromatic heterocycles. The van der Waals surface area contributed by atoms with Crippen LogP contribution >= 0.6 is 0 Å². The molecule has 1 aliphatic heterocycles. The molecule has 0 unspecified atom stereocenters. The smallest absolute Gasteiger partial charge is 0.0623 e. The summed E-state index contributed by atoms with van der Waals surface area (Å²) in [7, 11) is 0. The van der Waals surface area contributed by atoms with Gasteiger partial charge < -0.3 is 5.32 Å². The fraction of sp³-hybridized carbons (Fsp3) is 0.333. The average Bonchev–Trinajstić information content (AvgIpc) is 2.04. The molecule has 1 N–H and O–H groups in total. The van der Waals surface area contributed by atoms with Crippen LogP contribution in [0.3, 0.4) is 0 Å². The number of nitrogens with one attached hydrogen (secondary N) is 1. The maximum atomic E-state index is 7.41. The molecule has 0 radical (unpaired) electrons. The lowest BCUT2D eigenvalue weighted by atomic mass is 10.0. The van der Waals surface area contributed by atoms with E-state index in [9.17, 15) is 0 Å². The van der Waals surface area contributed by atoms with E-state index in [1.54, 1.807) is 0 Å². The second-order valence-electron chi connectivity index (χ2n) is 2.62. The van der Waals surface area contributed by atoms with E-state index in [4.69, 9.17) is 1.37 Å². The van der Waals surface area contributed by atoms with Crippen molar-refractivity contribution >= 4 is 0 Å². The first-order valence-corrected chi connectivity index (χ1v) is 3.65. The first kappa shape index (κ1) is 4.91. The third kappa shape index (κ3) is 0.929. The van der Waals surface area contributed by atoms with Crippen molar-refractivity contribution in [3.05, 3.63) is 35.4 Å². The summed E-state index contributed by atoms with van der Waals surface area (Å²) < 4.78 is 7.41. The minimum atomic E-state index is 0.618. The van der Waals surface area contributed by atoms with Crippen molar-refractivity contribution < 1.29 is 1.37 Å². The molecule has 1 nitrogen and oxygen atoms in total. The molecule has 0 amide bonds. The van der Waals surface area contributed by atoms with Crippen LogP contribution < -0.4 is 5.32 Å². The predicted molar refractivity (Wildman–Crippen MR) is 41.9 cm³/mol. The highest BCUT2D eigenvalue weighted by atomic mass is 14.9. The van der Waals surface area contributed by atoms with Gasteiger partial charge >= 0.3 is 0 Å². The molecule has 1 aliphatic rings. The third-order valence-electron chi connectivity index (χ3n) is 1.94. The summed E-state index contributed by atoms with van der Waals surface area (Å²) >= 11 is 0. The molecular weight excluding hydrogens is 122 g/mol. The van der Waals surface area contributed by atoms with Gasteiger partial charge in [-0.05, 0) is 24.1 Å². The summed E-state index contributed by atoms with van der Waals surface area (Å²) in [5, 5.41) is 3.28. The minimum absolute atomic E-state index is 0.618. The van der Waals surface area contributed by atoms with Gasteiger partial charge in [-0.3, -0.25) is 0 Å². The molecule has 1 heterocycles. The molecule has 2 rings (SSSR count). The van der Waals surface area contributed by atoms with E-state index < -0.39 is 0 Å². The number of hydrogen-bond donors (Lipinski definition) is 1. The van der Waals surface area contributed by atoms with Crippen LogP contribution in [0, 0.1) is 0 Å². The zero-order chi connectivity index (χ0) is 7.68. The fourth-order valence-electron chi connectivity index (χ4n) is 1.35. The summed E-state index contributed by atoms with van der Waals surface area (Å²) in [4.78, 5) is 0. The van der Waals surface area contributed by atoms with Crippen LogP contribution in [-0.4, -0.2) is 6.54 Å². The van der Waals surface area contributed by atoms with Gasteiger partial charge in [0.15, 0.2) is 0 Å². The number of fused-ring (bicyclic) bond motifs is 1. The second kappa shape index (κ2) is 2.43. The Bertz CT molecular complexity index is 270. The zero-order valence-corrected chi connectivity index (χ0v) is 5.85. The molecule has 52 valence electrons. The highest BCUT2D eigenvalue weighted by Crippen LogP contribution is 2.11. The van der Waals surface area contributed by atoms with Crippen molar-refractivity contribution in [3.63, 3.8) is 0 Å². The van der Waals surface area contributed by atoms with Gasteiger partial charge in [0.1, 0.15) is 0 Å². The van der Waals surface area contributed by atoms with Crippen LogP contribution in [0.15, 0.2) is 24.2 Å². The summed E-state index contributed by atoms with van der Waals surface area (Å²) in [6, 6.07) is 6.50. The SMILES string of the molecule is [2H]c1ccc2c(c1)CNCC2. The monoisotopic (exact) mass is 134 g/mol. The number of benzene rings is 1. The summed E-state index contributed by atoms with van der Waals surface area (Å²) in [5.41, 5.74) is 2.70. The average molecular weight is 134 g/mol. The van der Waals surface area contributed by atoms with Gasteiger partial charge in [0, 0.05) is 6.54 Å². The Kier molecular flexibility index (Phi) is 1.19. The third-order valence-corrected chi connectivity index (χ3v) is 1.94. The number of hydrogen-bond acceptors (Lipinski definition) is 1. The van der Waals surface area contributed by atoms with Gasteiger partial charge in [0.05, 0.1) is 1.37 Å². The van der Waals surface area contributed by atoms with Crippen molar-refractivity contribution in [1.82, 2.24) is 5.32 Å². The molecule has 0 atom stereocenters. The number of rotatable bonds is 0. The van der Waals surface area contributed by atoms with E-state index in [1.807, 2.05) is 12.1 Å². The minimum Gasteiger partial charge on any atom is -0.312 e. The van der Waals surface area contributed by atoms with Gasteiger partial charge in [-0.2, -0.15) is 0 Å². The fourth-order valence-corrected chi connectivity index (χ4v) is 1.35. The lowest BCUT2D eigenvalue weighted by Crippen LogP contribution is -2.23. The standard InChI is InChI=1S/C9H11N/c1-2-4-9-7-10-6-5-8(9)3-1/h1-4,10H,5-7H2/i2D. The molecule has 1 aromatic rings. The zero-order valence-electron chi connectivity index (χ0n) is 6.85. The van der Waals surface area contributed by atoms with Crippen molar-refractivity contribution in [2.75, 3.05) is 6.54 Å². The van der Waals surface area contributed by atoms with Gasteiger partial charge in [-0.1, -0.05) is 24.2 Å². The van der Waals surface area contributed by atoms with E-state index in [2.05, 4.69) is 11.4 Å². The summed E-state index contributed by atoms with van der Waals surface area (Å²) in [6.07, 6.45) is 1.11. The maximum absolute atomic E-state index is 7.41. The van der Waals surface area contributed by atoms with Crippen molar-refractivity contribution in [2.45, 2.75) is 13.0 Å². The Morgan fingerprint density at radius 2 is 2.40 bits per heavy atom. The topological polar surface area (TPSA) is 12.0 Å². The Balaban J connectivity index is 2.43. The highest BCUT2D eigenvalue weighted by molar-refractivity contribution is 5.28. The van der Waals surface area contributed by atoms with E-state index in [0.29, 0.717) is 6.04 Å².